The summed E-state index contributed by atoms with van der Waals surface area (Å²) in [6.45, 7) is 0.125. The molecule has 0 bridgehead atoms. The van der Waals surface area contributed by atoms with Crippen LogP contribution in [-0.4, -0.2) is 78.0 Å². The van der Waals surface area contributed by atoms with Crippen molar-refractivity contribution in [2.45, 2.75) is 36.7 Å². The Morgan fingerprint density at radius 3 is 2.52 bits per heavy atom. The van der Waals surface area contributed by atoms with Crippen molar-refractivity contribution in [3.63, 3.8) is 0 Å². The molecule has 0 radical (unpaired) electrons. The van der Waals surface area contributed by atoms with Gasteiger partial charge in [0.25, 0.3) is 0 Å². The Kier molecular flexibility index (Phi) is 6.87. The maximum absolute atomic E-state index is 12.8. The second-order valence-electron chi connectivity index (χ2n) is 7.47. The van der Waals surface area contributed by atoms with Crippen LogP contribution in [-0.2, 0) is 25.4 Å². The van der Waals surface area contributed by atoms with Crippen LogP contribution in [0.5, 0.6) is 0 Å². The number of carbonyl (C=O) groups is 2. The van der Waals surface area contributed by atoms with E-state index >= 15 is 0 Å². The van der Waals surface area contributed by atoms with Gasteiger partial charge in [0, 0.05) is 13.1 Å². The highest BCUT2D eigenvalue weighted by Gasteiger charge is 2.52. The number of thioether (sulfide) groups is 1. The first kappa shape index (κ1) is 22.1. The minimum atomic E-state index is -3.48. The van der Waals surface area contributed by atoms with Gasteiger partial charge in [-0.05, 0) is 36.8 Å². The van der Waals surface area contributed by atoms with E-state index in [0.29, 0.717) is 19.3 Å². The van der Waals surface area contributed by atoms with Crippen molar-refractivity contribution in [3.8, 4) is 0 Å². The lowest BCUT2D eigenvalue weighted by atomic mass is 9.97. The maximum atomic E-state index is 12.8. The van der Waals surface area contributed by atoms with Crippen molar-refractivity contribution in [1.29, 1.82) is 0 Å². The summed E-state index contributed by atoms with van der Waals surface area (Å²) in [5.74, 6) is -0.549. The smallest absolute Gasteiger partial charge is 0.323 e. The predicted molar refractivity (Wildman–Crippen MR) is 112 cm³/mol. The lowest BCUT2D eigenvalue weighted by Crippen LogP contribution is -2.60. The van der Waals surface area contributed by atoms with E-state index in [1.807, 2.05) is 24.5 Å². The van der Waals surface area contributed by atoms with Crippen molar-refractivity contribution in [2.24, 2.45) is 0 Å². The van der Waals surface area contributed by atoms with Crippen molar-refractivity contribution >= 4 is 33.7 Å². The lowest BCUT2D eigenvalue weighted by molar-refractivity contribution is -0.147. The van der Waals surface area contributed by atoms with Gasteiger partial charge in [-0.15, -0.1) is 0 Å². The fourth-order valence-corrected chi connectivity index (χ4v) is 6.09. The van der Waals surface area contributed by atoms with Crippen LogP contribution in [0.4, 0.5) is 0 Å². The van der Waals surface area contributed by atoms with Gasteiger partial charge < -0.3 is 10.0 Å². The molecule has 0 aromatic heterocycles. The van der Waals surface area contributed by atoms with Crippen LogP contribution in [0.3, 0.4) is 0 Å². The van der Waals surface area contributed by atoms with E-state index in [1.165, 1.54) is 9.21 Å². The molecule has 1 spiro atoms. The second-order valence-corrected chi connectivity index (χ2v) is 10.4. The first-order valence-corrected chi connectivity index (χ1v) is 12.6. The van der Waals surface area contributed by atoms with E-state index < -0.39 is 27.7 Å². The number of carbonyl (C=O) groups excluding carboxylic acids is 1. The first-order valence-electron chi connectivity index (χ1n) is 9.59. The maximum Gasteiger partial charge on any atom is 0.323 e. The second kappa shape index (κ2) is 9.03. The minimum Gasteiger partial charge on any atom is -0.480 e. The summed E-state index contributed by atoms with van der Waals surface area (Å²) in [5, 5.41) is 12.6. The van der Waals surface area contributed by atoms with E-state index in [2.05, 4.69) is 5.32 Å². The summed E-state index contributed by atoms with van der Waals surface area (Å²) < 4.78 is 27.1. The SMILES string of the molecule is CSCCC1NC2(CCN(S(=O)(=O)Cc3ccccc3)CC2)N(CC(=O)O)C1=O. The quantitative estimate of drug-likeness (QED) is 0.618. The molecule has 2 fully saturated rings. The Balaban J connectivity index is 1.72. The van der Waals surface area contributed by atoms with Crippen LogP contribution in [0.1, 0.15) is 24.8 Å². The number of benzene rings is 1. The number of nitrogens with one attached hydrogen (secondary N) is 1. The van der Waals surface area contributed by atoms with E-state index in [9.17, 15) is 23.1 Å². The molecular formula is C19H27N3O5S2. The summed E-state index contributed by atoms with van der Waals surface area (Å²) in [5.41, 5.74) is -0.0660. The number of sulfonamides is 1. The van der Waals surface area contributed by atoms with E-state index in [0.717, 1.165) is 11.3 Å². The standard InChI is InChI=1S/C19H27N3O5S2/c1-28-12-7-16-18(25)22(13-17(23)24)19(20-16)8-10-21(11-9-19)29(26,27)14-15-5-3-2-4-6-15/h2-6,16,20H,7-14H2,1H3,(H,23,24). The molecule has 2 saturated heterocycles. The molecule has 1 aromatic carbocycles. The molecule has 2 heterocycles. The van der Waals surface area contributed by atoms with Gasteiger partial charge in [0.05, 0.1) is 17.5 Å². The molecule has 10 heteroatoms. The molecule has 0 aliphatic carbocycles. The summed E-state index contributed by atoms with van der Waals surface area (Å²) >= 11 is 1.63. The Morgan fingerprint density at radius 1 is 1.28 bits per heavy atom. The third-order valence-corrected chi connectivity index (χ3v) is 8.06. The number of hydrogen-bond acceptors (Lipinski definition) is 6. The van der Waals surface area contributed by atoms with E-state index in [4.69, 9.17) is 0 Å². The summed E-state index contributed by atoms with van der Waals surface area (Å²) in [6.07, 6.45) is 3.32. The summed E-state index contributed by atoms with van der Waals surface area (Å²) in [7, 11) is -3.48. The highest BCUT2D eigenvalue weighted by Crippen LogP contribution is 2.34. The molecule has 1 aromatic rings. The average Bonchev–Trinajstić information content (AvgIpc) is 2.92. The largest absolute Gasteiger partial charge is 0.480 e. The fraction of sp³-hybridized carbons (Fsp3) is 0.579. The van der Waals surface area contributed by atoms with Crippen LogP contribution in [0.2, 0.25) is 0 Å². The van der Waals surface area contributed by atoms with Crippen molar-refractivity contribution in [3.05, 3.63) is 35.9 Å². The number of carboxylic acid groups (broad SMARTS) is 1. The first-order chi connectivity index (χ1) is 13.8. The third-order valence-electron chi connectivity index (χ3n) is 5.56. The van der Waals surface area contributed by atoms with Crippen LogP contribution < -0.4 is 5.32 Å². The van der Waals surface area contributed by atoms with E-state index in [1.54, 1.807) is 23.9 Å². The van der Waals surface area contributed by atoms with Gasteiger partial charge in [-0.1, -0.05) is 30.3 Å². The third kappa shape index (κ3) is 4.93. The molecule has 1 amide bonds. The van der Waals surface area contributed by atoms with Crippen LogP contribution in [0.15, 0.2) is 30.3 Å². The molecule has 2 aliphatic heterocycles. The molecule has 8 nitrogen and oxygen atoms in total. The Hall–Kier alpha value is -1.62. The molecular weight excluding hydrogens is 414 g/mol. The normalized spacial score (nSPS) is 22.3. The van der Waals surface area contributed by atoms with Gasteiger partial charge in [-0.2, -0.15) is 11.8 Å². The lowest BCUT2D eigenvalue weighted by Gasteiger charge is -2.43. The van der Waals surface area contributed by atoms with Gasteiger partial charge in [0.2, 0.25) is 15.9 Å². The zero-order valence-corrected chi connectivity index (χ0v) is 18.0. The monoisotopic (exact) mass is 441 g/mol. The predicted octanol–water partition coefficient (Wildman–Crippen LogP) is 0.947. The molecule has 2 N–H and O–H groups in total. The van der Waals surface area contributed by atoms with Gasteiger partial charge in [-0.3, -0.25) is 14.9 Å². The molecule has 0 saturated carbocycles. The number of nitrogens with zero attached hydrogens (tertiary/aromatic N) is 2. The number of piperidine rings is 1. The van der Waals surface area contributed by atoms with Gasteiger partial charge in [-0.25, -0.2) is 12.7 Å². The number of carboxylic acids is 1. The molecule has 2 aliphatic rings. The van der Waals surface area contributed by atoms with Crippen LogP contribution in [0, 0.1) is 0 Å². The number of amides is 1. The Labute approximate surface area is 175 Å². The van der Waals surface area contributed by atoms with Gasteiger partial charge >= 0.3 is 5.97 Å². The average molecular weight is 442 g/mol. The zero-order valence-electron chi connectivity index (χ0n) is 16.4. The van der Waals surface area contributed by atoms with E-state index in [-0.39, 0.29) is 31.3 Å². The summed E-state index contributed by atoms with van der Waals surface area (Å²) in [4.78, 5) is 25.5. The minimum absolute atomic E-state index is 0.0671. The molecule has 1 atom stereocenters. The highest BCUT2D eigenvalue weighted by atomic mass is 32.2. The molecule has 29 heavy (non-hydrogen) atoms. The molecule has 160 valence electrons. The Morgan fingerprint density at radius 2 is 1.93 bits per heavy atom. The van der Waals surface area contributed by atoms with Gasteiger partial charge in [0.15, 0.2) is 0 Å². The molecule has 1 unspecified atom stereocenters. The summed E-state index contributed by atoms with van der Waals surface area (Å²) in [6, 6.07) is 8.60. The van der Waals surface area contributed by atoms with Crippen molar-refractivity contribution in [1.82, 2.24) is 14.5 Å². The number of hydrogen-bond donors (Lipinski definition) is 2. The van der Waals surface area contributed by atoms with Crippen LogP contribution in [0.25, 0.3) is 0 Å². The topological polar surface area (TPSA) is 107 Å². The highest BCUT2D eigenvalue weighted by molar-refractivity contribution is 7.98. The van der Waals surface area contributed by atoms with Crippen molar-refractivity contribution in [2.75, 3.05) is 31.6 Å². The number of aliphatic carboxylic acids is 1. The fourth-order valence-electron chi connectivity index (χ4n) is 4.08. The van der Waals surface area contributed by atoms with Gasteiger partial charge in [0.1, 0.15) is 6.54 Å². The number of rotatable bonds is 8. The Bertz CT molecular complexity index is 839. The molecule has 3 rings (SSSR count). The van der Waals surface area contributed by atoms with Crippen LogP contribution >= 0.6 is 11.8 Å². The van der Waals surface area contributed by atoms with Crippen molar-refractivity contribution < 1.29 is 23.1 Å². The zero-order chi connectivity index (χ0) is 21.1.